The number of aryl methyl sites for hydroxylation is 2. The maximum absolute atomic E-state index is 11.3. The zero-order valence-corrected chi connectivity index (χ0v) is 10.6. The van der Waals surface area contributed by atoms with Gasteiger partial charge in [-0.05, 0) is 48.9 Å². The van der Waals surface area contributed by atoms with Crippen LogP contribution in [-0.2, 0) is 22.4 Å². The Kier molecular flexibility index (Phi) is 4.39. The molecule has 1 amide bonds. The van der Waals surface area contributed by atoms with E-state index in [0.29, 0.717) is 5.75 Å². The van der Waals surface area contributed by atoms with Crippen LogP contribution in [0.3, 0.4) is 0 Å². The highest BCUT2D eigenvalue weighted by Gasteiger charge is 2.10. The van der Waals surface area contributed by atoms with Crippen LogP contribution >= 0.6 is 0 Å². The number of nitrogens with one attached hydrogen (secondary N) is 1. The molecule has 0 aliphatic heterocycles. The fraction of sp³-hybridized carbons (Fsp3) is 0.429. The molecule has 102 valence electrons. The average molecular weight is 263 g/mol. The van der Waals surface area contributed by atoms with Gasteiger partial charge in [0.1, 0.15) is 12.3 Å². The fourth-order valence-electron chi connectivity index (χ4n) is 2.17. The first-order valence-corrected chi connectivity index (χ1v) is 6.38. The average Bonchev–Trinajstić information content (AvgIpc) is 2.42. The van der Waals surface area contributed by atoms with Crippen LogP contribution in [0.15, 0.2) is 18.2 Å². The lowest BCUT2D eigenvalue weighted by molar-refractivity contribution is -0.138. The lowest BCUT2D eigenvalue weighted by Gasteiger charge is -2.16. The molecule has 1 aliphatic rings. The SMILES string of the molecule is O=C(O)CNC(=O)COc1ccc2c(c1)CCCC2. The van der Waals surface area contributed by atoms with E-state index in [4.69, 9.17) is 9.84 Å². The minimum atomic E-state index is -1.07. The number of benzene rings is 1. The van der Waals surface area contributed by atoms with Crippen LogP contribution in [0.4, 0.5) is 0 Å². The summed E-state index contributed by atoms with van der Waals surface area (Å²) in [7, 11) is 0. The summed E-state index contributed by atoms with van der Waals surface area (Å²) in [6.07, 6.45) is 4.58. The van der Waals surface area contributed by atoms with Crippen molar-refractivity contribution >= 4 is 11.9 Å². The van der Waals surface area contributed by atoms with Gasteiger partial charge in [-0.3, -0.25) is 9.59 Å². The molecule has 2 rings (SSSR count). The molecule has 0 atom stereocenters. The maximum Gasteiger partial charge on any atom is 0.322 e. The molecule has 0 saturated carbocycles. The van der Waals surface area contributed by atoms with Crippen LogP contribution in [0, 0.1) is 0 Å². The molecule has 0 bridgehead atoms. The van der Waals surface area contributed by atoms with Gasteiger partial charge in [0, 0.05) is 0 Å². The van der Waals surface area contributed by atoms with E-state index in [9.17, 15) is 9.59 Å². The van der Waals surface area contributed by atoms with E-state index in [1.54, 1.807) is 0 Å². The molecule has 2 N–H and O–H groups in total. The summed E-state index contributed by atoms with van der Waals surface area (Å²) in [4.78, 5) is 21.6. The number of hydrogen-bond donors (Lipinski definition) is 2. The fourth-order valence-corrected chi connectivity index (χ4v) is 2.17. The number of carboxylic acid groups (broad SMARTS) is 1. The minimum absolute atomic E-state index is 0.161. The van der Waals surface area contributed by atoms with Crippen molar-refractivity contribution in [3.8, 4) is 5.75 Å². The highest BCUT2D eigenvalue weighted by molar-refractivity contribution is 5.82. The first kappa shape index (κ1) is 13.4. The van der Waals surface area contributed by atoms with Crippen molar-refractivity contribution in [2.75, 3.05) is 13.2 Å². The van der Waals surface area contributed by atoms with Crippen molar-refractivity contribution in [3.63, 3.8) is 0 Å². The standard InChI is InChI=1S/C14H17NO4/c16-13(15-8-14(17)18)9-19-12-6-5-10-3-1-2-4-11(10)7-12/h5-7H,1-4,8-9H2,(H,15,16)(H,17,18). The van der Waals surface area contributed by atoms with Crippen molar-refractivity contribution in [1.29, 1.82) is 0 Å². The third kappa shape index (κ3) is 3.98. The smallest absolute Gasteiger partial charge is 0.322 e. The maximum atomic E-state index is 11.3. The third-order valence-corrected chi connectivity index (χ3v) is 3.13. The molecule has 1 aromatic carbocycles. The van der Waals surface area contributed by atoms with E-state index in [2.05, 4.69) is 5.32 Å². The highest BCUT2D eigenvalue weighted by atomic mass is 16.5. The minimum Gasteiger partial charge on any atom is -0.484 e. The van der Waals surface area contributed by atoms with Gasteiger partial charge in [-0.25, -0.2) is 0 Å². The number of hydrogen-bond acceptors (Lipinski definition) is 3. The molecule has 0 fully saturated rings. The molecule has 0 unspecified atom stereocenters. The first-order chi connectivity index (χ1) is 9.15. The second kappa shape index (κ2) is 6.22. The van der Waals surface area contributed by atoms with Gasteiger partial charge >= 0.3 is 5.97 Å². The topological polar surface area (TPSA) is 75.6 Å². The van der Waals surface area contributed by atoms with Gasteiger partial charge in [0.05, 0.1) is 0 Å². The molecule has 0 heterocycles. The second-order valence-electron chi connectivity index (χ2n) is 4.60. The molecule has 1 aliphatic carbocycles. The summed E-state index contributed by atoms with van der Waals surface area (Å²) >= 11 is 0. The van der Waals surface area contributed by atoms with Crippen LogP contribution in [0.1, 0.15) is 24.0 Å². The zero-order chi connectivity index (χ0) is 13.7. The van der Waals surface area contributed by atoms with Crippen molar-refractivity contribution in [2.24, 2.45) is 0 Å². The number of carbonyl (C=O) groups excluding carboxylic acids is 1. The van der Waals surface area contributed by atoms with Crippen LogP contribution < -0.4 is 10.1 Å². The van der Waals surface area contributed by atoms with Gasteiger partial charge in [-0.2, -0.15) is 0 Å². The Morgan fingerprint density at radius 3 is 2.68 bits per heavy atom. The van der Waals surface area contributed by atoms with Gasteiger partial charge in [-0.1, -0.05) is 6.07 Å². The lowest BCUT2D eigenvalue weighted by Crippen LogP contribution is -2.33. The Morgan fingerprint density at radius 2 is 1.95 bits per heavy atom. The van der Waals surface area contributed by atoms with Gasteiger partial charge in [0.25, 0.3) is 5.91 Å². The molecule has 0 saturated heterocycles. The number of carboxylic acids is 1. The van der Waals surface area contributed by atoms with E-state index in [1.165, 1.54) is 24.0 Å². The Bertz CT molecular complexity index is 484. The molecule has 0 aromatic heterocycles. The molecular formula is C14H17NO4. The monoisotopic (exact) mass is 263 g/mol. The molecule has 5 heteroatoms. The predicted octanol–water partition coefficient (Wildman–Crippen LogP) is 1.14. The number of aliphatic carboxylic acids is 1. The quantitative estimate of drug-likeness (QED) is 0.835. The van der Waals surface area contributed by atoms with Crippen LogP contribution in [0.5, 0.6) is 5.75 Å². The lowest BCUT2D eigenvalue weighted by atomic mass is 9.92. The van der Waals surface area contributed by atoms with Crippen molar-refractivity contribution in [3.05, 3.63) is 29.3 Å². The molecule has 1 aromatic rings. The van der Waals surface area contributed by atoms with Crippen molar-refractivity contribution < 1.29 is 19.4 Å². The van der Waals surface area contributed by atoms with E-state index in [0.717, 1.165) is 12.8 Å². The van der Waals surface area contributed by atoms with Crippen LogP contribution in [0.25, 0.3) is 0 Å². The number of carbonyl (C=O) groups is 2. The summed E-state index contributed by atoms with van der Waals surface area (Å²) in [5.41, 5.74) is 2.64. The van der Waals surface area contributed by atoms with E-state index >= 15 is 0 Å². The highest BCUT2D eigenvalue weighted by Crippen LogP contribution is 2.25. The Hall–Kier alpha value is -2.04. The number of fused-ring (bicyclic) bond motifs is 1. The largest absolute Gasteiger partial charge is 0.484 e. The van der Waals surface area contributed by atoms with Crippen molar-refractivity contribution in [2.45, 2.75) is 25.7 Å². The Labute approximate surface area is 111 Å². The number of rotatable bonds is 5. The summed E-state index contributed by atoms with van der Waals surface area (Å²) in [6, 6.07) is 5.87. The first-order valence-electron chi connectivity index (χ1n) is 6.38. The van der Waals surface area contributed by atoms with Crippen molar-refractivity contribution in [1.82, 2.24) is 5.32 Å². The van der Waals surface area contributed by atoms with Crippen LogP contribution in [0.2, 0.25) is 0 Å². The summed E-state index contributed by atoms with van der Waals surface area (Å²) in [5, 5.41) is 10.7. The summed E-state index contributed by atoms with van der Waals surface area (Å²) < 4.78 is 5.36. The summed E-state index contributed by atoms with van der Waals surface area (Å²) in [6.45, 7) is -0.543. The van der Waals surface area contributed by atoms with Gasteiger partial charge in [-0.15, -0.1) is 0 Å². The third-order valence-electron chi connectivity index (χ3n) is 3.13. The normalized spacial score (nSPS) is 13.5. The van der Waals surface area contributed by atoms with E-state index in [1.807, 2.05) is 18.2 Å². The van der Waals surface area contributed by atoms with E-state index < -0.39 is 11.9 Å². The van der Waals surface area contributed by atoms with E-state index in [-0.39, 0.29) is 13.2 Å². The molecular weight excluding hydrogens is 246 g/mol. The van der Waals surface area contributed by atoms with Crippen LogP contribution in [-0.4, -0.2) is 30.1 Å². The number of ether oxygens (including phenoxy) is 1. The zero-order valence-electron chi connectivity index (χ0n) is 10.6. The van der Waals surface area contributed by atoms with Gasteiger partial charge < -0.3 is 15.2 Å². The molecule has 0 radical (unpaired) electrons. The number of amides is 1. The molecule has 0 spiro atoms. The Balaban J connectivity index is 1.86. The van der Waals surface area contributed by atoms with Gasteiger partial charge in [0.15, 0.2) is 6.61 Å². The Morgan fingerprint density at radius 1 is 1.21 bits per heavy atom. The molecule has 19 heavy (non-hydrogen) atoms. The molecule has 5 nitrogen and oxygen atoms in total. The predicted molar refractivity (Wildman–Crippen MR) is 69.2 cm³/mol. The summed E-state index contributed by atoms with van der Waals surface area (Å²) in [5.74, 6) is -0.839. The second-order valence-corrected chi connectivity index (χ2v) is 4.60. The van der Waals surface area contributed by atoms with Gasteiger partial charge in [0.2, 0.25) is 0 Å².